The van der Waals surface area contributed by atoms with E-state index < -0.39 is 0 Å². The van der Waals surface area contributed by atoms with E-state index in [1.807, 2.05) is 12.3 Å². The Hall–Kier alpha value is -1.71. The normalized spacial score (nSPS) is 17.0. The average molecular weight is 343 g/mol. The molecule has 1 aliphatic heterocycles. The standard InChI is InChI=1S/C13H23N5OS.CH2O2/c1-10(18-7-5-17(2)6-8-18)12(19)15-4-3-11-9-20-13(14)16-11;2-1-3/h9-10H,3-8H2,1-2H3,(H2,14,16)(H,15,19);1H,(H,2,3). The van der Waals surface area contributed by atoms with Gasteiger partial charge >= 0.3 is 0 Å². The first-order chi connectivity index (χ1) is 11.0. The van der Waals surface area contributed by atoms with Gasteiger partial charge in [0.1, 0.15) is 0 Å². The van der Waals surface area contributed by atoms with Crippen LogP contribution in [-0.2, 0) is 16.0 Å². The molecule has 9 heteroatoms. The highest BCUT2D eigenvalue weighted by molar-refractivity contribution is 7.13. The number of rotatable bonds is 5. The summed E-state index contributed by atoms with van der Waals surface area (Å²) < 4.78 is 0. The summed E-state index contributed by atoms with van der Waals surface area (Å²) in [6.07, 6.45) is 0.731. The number of hydrogen-bond acceptors (Lipinski definition) is 7. The number of nitrogens with two attached hydrogens (primary N) is 1. The molecule has 8 nitrogen and oxygen atoms in total. The number of nitrogen functional groups attached to an aromatic ring is 1. The van der Waals surface area contributed by atoms with Gasteiger partial charge in [-0.15, -0.1) is 11.3 Å². The molecule has 0 aliphatic carbocycles. The van der Waals surface area contributed by atoms with E-state index in [9.17, 15) is 4.79 Å². The maximum absolute atomic E-state index is 12.1. The molecule has 1 aromatic rings. The molecule has 23 heavy (non-hydrogen) atoms. The minimum absolute atomic E-state index is 0.0656. The third-order valence-electron chi connectivity index (χ3n) is 3.71. The quantitative estimate of drug-likeness (QED) is 0.630. The van der Waals surface area contributed by atoms with Gasteiger partial charge in [0, 0.05) is 44.5 Å². The van der Waals surface area contributed by atoms with Crippen LogP contribution in [0, 0.1) is 0 Å². The third kappa shape index (κ3) is 6.93. The summed E-state index contributed by atoms with van der Waals surface area (Å²) in [7, 11) is 2.11. The third-order valence-corrected chi connectivity index (χ3v) is 4.44. The van der Waals surface area contributed by atoms with Gasteiger partial charge in [0.15, 0.2) is 5.13 Å². The van der Waals surface area contributed by atoms with Crippen LogP contribution < -0.4 is 11.1 Å². The summed E-state index contributed by atoms with van der Waals surface area (Å²) in [6.45, 7) is 6.29. The molecule has 0 aromatic carbocycles. The number of likely N-dealkylation sites (N-methyl/N-ethyl adjacent to an activating group) is 1. The van der Waals surface area contributed by atoms with E-state index in [0.717, 1.165) is 38.3 Å². The molecular formula is C14H25N5O3S. The molecule has 130 valence electrons. The number of thiazole rings is 1. The van der Waals surface area contributed by atoms with Crippen molar-refractivity contribution in [3.05, 3.63) is 11.1 Å². The van der Waals surface area contributed by atoms with Crippen LogP contribution in [0.4, 0.5) is 5.13 Å². The Morgan fingerprint density at radius 3 is 2.65 bits per heavy atom. The number of amides is 1. The van der Waals surface area contributed by atoms with Crippen molar-refractivity contribution in [2.75, 3.05) is 45.5 Å². The summed E-state index contributed by atoms with van der Waals surface area (Å²) in [5.41, 5.74) is 6.52. The van der Waals surface area contributed by atoms with Crippen molar-refractivity contribution in [1.29, 1.82) is 0 Å². The Morgan fingerprint density at radius 2 is 2.13 bits per heavy atom. The minimum atomic E-state index is -0.250. The van der Waals surface area contributed by atoms with Crippen molar-refractivity contribution >= 4 is 28.8 Å². The molecule has 0 radical (unpaired) electrons. The number of carboxylic acid groups (broad SMARTS) is 1. The monoisotopic (exact) mass is 343 g/mol. The highest BCUT2D eigenvalue weighted by Crippen LogP contribution is 2.11. The lowest BCUT2D eigenvalue weighted by atomic mass is 10.2. The summed E-state index contributed by atoms with van der Waals surface area (Å²) in [4.78, 5) is 29.2. The van der Waals surface area contributed by atoms with Crippen molar-refractivity contribution in [3.63, 3.8) is 0 Å². The van der Waals surface area contributed by atoms with Gasteiger partial charge in [-0.1, -0.05) is 0 Å². The maximum atomic E-state index is 12.1. The second-order valence-electron chi connectivity index (χ2n) is 5.34. The van der Waals surface area contributed by atoms with Gasteiger partial charge < -0.3 is 21.1 Å². The van der Waals surface area contributed by atoms with Crippen molar-refractivity contribution in [3.8, 4) is 0 Å². The fourth-order valence-corrected chi connectivity index (χ4v) is 2.87. The topological polar surface area (TPSA) is 112 Å². The number of anilines is 1. The van der Waals surface area contributed by atoms with Gasteiger partial charge in [0.05, 0.1) is 11.7 Å². The molecule has 1 saturated heterocycles. The molecule has 1 aromatic heterocycles. The second-order valence-corrected chi connectivity index (χ2v) is 6.23. The Labute approximate surface area is 140 Å². The number of nitrogens with one attached hydrogen (secondary N) is 1. The first-order valence-electron chi connectivity index (χ1n) is 7.46. The summed E-state index contributed by atoms with van der Waals surface area (Å²) in [6, 6.07) is -0.0656. The molecule has 2 heterocycles. The molecule has 1 amide bonds. The smallest absolute Gasteiger partial charge is 0.290 e. The lowest BCUT2D eigenvalue weighted by molar-refractivity contribution is -0.126. The zero-order valence-corrected chi connectivity index (χ0v) is 14.4. The highest BCUT2D eigenvalue weighted by Gasteiger charge is 2.23. The van der Waals surface area contributed by atoms with E-state index in [4.69, 9.17) is 15.6 Å². The highest BCUT2D eigenvalue weighted by atomic mass is 32.1. The first-order valence-corrected chi connectivity index (χ1v) is 8.34. The number of piperazine rings is 1. The van der Waals surface area contributed by atoms with E-state index >= 15 is 0 Å². The van der Waals surface area contributed by atoms with Crippen LogP contribution in [0.5, 0.6) is 0 Å². The van der Waals surface area contributed by atoms with Crippen molar-refractivity contribution < 1.29 is 14.7 Å². The van der Waals surface area contributed by atoms with Crippen LogP contribution in [0.3, 0.4) is 0 Å². The van der Waals surface area contributed by atoms with Gasteiger partial charge in [0.2, 0.25) is 5.91 Å². The number of nitrogens with zero attached hydrogens (tertiary/aromatic N) is 3. The van der Waals surface area contributed by atoms with Gasteiger partial charge in [-0.3, -0.25) is 14.5 Å². The average Bonchev–Trinajstić information content (AvgIpc) is 2.93. The number of carbonyl (C=O) groups excluding carboxylic acids is 1. The van der Waals surface area contributed by atoms with Gasteiger partial charge in [0.25, 0.3) is 6.47 Å². The predicted molar refractivity (Wildman–Crippen MR) is 90.5 cm³/mol. The zero-order chi connectivity index (χ0) is 17.2. The summed E-state index contributed by atoms with van der Waals surface area (Å²) in [5, 5.41) is 12.4. The van der Waals surface area contributed by atoms with Crippen LogP contribution in [0.15, 0.2) is 5.38 Å². The van der Waals surface area contributed by atoms with Crippen LogP contribution in [0.25, 0.3) is 0 Å². The van der Waals surface area contributed by atoms with Crippen LogP contribution in [0.1, 0.15) is 12.6 Å². The number of hydrogen-bond donors (Lipinski definition) is 3. The number of carbonyl (C=O) groups is 2. The lowest BCUT2D eigenvalue weighted by Gasteiger charge is -2.35. The lowest BCUT2D eigenvalue weighted by Crippen LogP contribution is -2.53. The largest absolute Gasteiger partial charge is 0.483 e. The van der Waals surface area contributed by atoms with Crippen molar-refractivity contribution in [2.45, 2.75) is 19.4 Å². The summed E-state index contributed by atoms with van der Waals surface area (Å²) in [5.74, 6) is 0.0951. The van der Waals surface area contributed by atoms with Crippen molar-refractivity contribution in [1.82, 2.24) is 20.1 Å². The SMILES string of the molecule is CC(C(=O)NCCc1csc(N)n1)N1CCN(C)CC1.O=CO. The Balaban J connectivity index is 0.000000816. The molecule has 0 spiro atoms. The zero-order valence-electron chi connectivity index (χ0n) is 13.6. The van der Waals surface area contributed by atoms with E-state index in [-0.39, 0.29) is 18.4 Å². The van der Waals surface area contributed by atoms with E-state index in [2.05, 4.69) is 27.1 Å². The molecule has 2 rings (SSSR count). The molecule has 1 aliphatic rings. The Kier molecular flexibility index (Phi) is 8.52. The molecule has 0 bridgehead atoms. The van der Waals surface area contributed by atoms with Gasteiger partial charge in [-0.05, 0) is 14.0 Å². The first kappa shape index (κ1) is 19.3. The molecule has 0 saturated carbocycles. The van der Waals surface area contributed by atoms with Crippen LogP contribution in [0.2, 0.25) is 0 Å². The molecular weight excluding hydrogens is 318 g/mol. The Morgan fingerprint density at radius 1 is 1.52 bits per heavy atom. The molecule has 4 N–H and O–H groups in total. The second kappa shape index (κ2) is 10.1. The molecule has 1 fully saturated rings. The number of aromatic nitrogens is 1. The van der Waals surface area contributed by atoms with Crippen molar-refractivity contribution in [2.24, 2.45) is 0 Å². The van der Waals surface area contributed by atoms with E-state index in [0.29, 0.717) is 11.7 Å². The molecule has 1 atom stereocenters. The van der Waals surface area contributed by atoms with Crippen LogP contribution in [-0.4, -0.2) is 78.1 Å². The van der Waals surface area contributed by atoms with Gasteiger partial charge in [-0.25, -0.2) is 4.98 Å². The fourth-order valence-electron chi connectivity index (χ4n) is 2.27. The predicted octanol–water partition coefficient (Wildman–Crippen LogP) is -0.279. The molecule has 1 unspecified atom stereocenters. The van der Waals surface area contributed by atoms with Gasteiger partial charge in [-0.2, -0.15) is 0 Å². The van der Waals surface area contributed by atoms with Crippen LogP contribution >= 0.6 is 11.3 Å². The Bertz CT molecular complexity index is 489. The van der Waals surface area contributed by atoms with E-state index in [1.165, 1.54) is 11.3 Å². The fraction of sp³-hybridized carbons (Fsp3) is 0.643. The summed E-state index contributed by atoms with van der Waals surface area (Å²) >= 11 is 1.43. The minimum Gasteiger partial charge on any atom is -0.483 e. The van der Waals surface area contributed by atoms with E-state index in [1.54, 1.807) is 0 Å². The maximum Gasteiger partial charge on any atom is 0.290 e.